The van der Waals surface area contributed by atoms with E-state index in [1.54, 1.807) is 0 Å². The highest BCUT2D eigenvalue weighted by Crippen LogP contribution is 2.34. The maximum atomic E-state index is 10.7. The van der Waals surface area contributed by atoms with E-state index >= 15 is 0 Å². The van der Waals surface area contributed by atoms with Gasteiger partial charge in [0.15, 0.2) is 0 Å². The predicted molar refractivity (Wildman–Crippen MR) is 42.1 cm³/mol. The second-order valence-corrected chi connectivity index (χ2v) is 3.68. The monoisotopic (exact) mass is 155 g/mol. The van der Waals surface area contributed by atoms with E-state index < -0.39 is 12.0 Å². The summed E-state index contributed by atoms with van der Waals surface area (Å²) in [5.74, 6) is -0.798. The number of rotatable bonds is 1. The molecule has 0 saturated carbocycles. The zero-order chi connectivity index (χ0) is 8.65. The van der Waals surface area contributed by atoms with E-state index in [-0.39, 0.29) is 5.41 Å². The molecule has 1 aliphatic heterocycles. The fourth-order valence-corrected chi connectivity index (χ4v) is 1.50. The Morgan fingerprint density at radius 2 is 2.36 bits per heavy atom. The molecule has 3 nitrogen and oxygen atoms in total. The van der Waals surface area contributed by atoms with Crippen molar-refractivity contribution in [2.75, 3.05) is 0 Å². The average Bonchev–Trinajstić information content (AvgIpc) is 2.04. The van der Waals surface area contributed by atoms with Crippen LogP contribution in [-0.4, -0.2) is 17.1 Å². The van der Waals surface area contributed by atoms with Crippen LogP contribution in [0.15, 0.2) is 12.3 Å². The highest BCUT2D eigenvalue weighted by molar-refractivity contribution is 5.75. The molecule has 3 heteroatoms. The summed E-state index contributed by atoms with van der Waals surface area (Å²) in [6, 6.07) is -0.477. The Bertz CT molecular complexity index is 208. The molecule has 0 bridgehead atoms. The molecule has 0 aliphatic carbocycles. The Kier molecular flexibility index (Phi) is 1.66. The lowest BCUT2D eigenvalue weighted by Crippen LogP contribution is -2.39. The fraction of sp³-hybridized carbons (Fsp3) is 0.625. The van der Waals surface area contributed by atoms with Crippen LogP contribution >= 0.6 is 0 Å². The third-order valence-corrected chi connectivity index (χ3v) is 2.05. The molecule has 1 fully saturated rings. The largest absolute Gasteiger partial charge is 0.480 e. The molecule has 1 aliphatic rings. The normalized spacial score (nSPS) is 28.2. The summed E-state index contributed by atoms with van der Waals surface area (Å²) in [5, 5.41) is 11.6. The minimum absolute atomic E-state index is 0.205. The summed E-state index contributed by atoms with van der Waals surface area (Å²) in [7, 11) is 0. The number of hydrogen-bond donors (Lipinski definition) is 2. The number of nitrogens with one attached hydrogen (secondary N) is 1. The van der Waals surface area contributed by atoms with Crippen LogP contribution in [0.2, 0.25) is 0 Å². The number of aliphatic carboxylic acids is 1. The van der Waals surface area contributed by atoms with E-state index in [1.807, 2.05) is 13.8 Å². The number of allylic oxidation sites excluding steroid dienone is 1. The third kappa shape index (κ3) is 1.37. The second kappa shape index (κ2) is 2.26. The van der Waals surface area contributed by atoms with Crippen molar-refractivity contribution in [1.82, 2.24) is 5.32 Å². The zero-order valence-corrected chi connectivity index (χ0v) is 6.85. The summed E-state index contributed by atoms with van der Waals surface area (Å²) in [6.45, 7) is 7.56. The first-order chi connectivity index (χ1) is 4.93. The van der Waals surface area contributed by atoms with Crippen LogP contribution in [0.3, 0.4) is 0 Å². The molecule has 62 valence electrons. The Morgan fingerprint density at radius 3 is 2.55 bits per heavy atom. The van der Waals surface area contributed by atoms with Crippen molar-refractivity contribution in [3.8, 4) is 0 Å². The van der Waals surface area contributed by atoms with Crippen molar-refractivity contribution in [3.63, 3.8) is 0 Å². The third-order valence-electron chi connectivity index (χ3n) is 2.05. The van der Waals surface area contributed by atoms with Crippen molar-refractivity contribution in [1.29, 1.82) is 0 Å². The first-order valence-electron chi connectivity index (χ1n) is 3.60. The lowest BCUT2D eigenvalue weighted by molar-refractivity contribution is -0.141. The summed E-state index contributed by atoms with van der Waals surface area (Å²) >= 11 is 0. The fourth-order valence-electron chi connectivity index (χ4n) is 1.50. The highest BCUT2D eigenvalue weighted by atomic mass is 16.4. The van der Waals surface area contributed by atoms with Crippen molar-refractivity contribution < 1.29 is 9.90 Å². The molecule has 1 heterocycles. The van der Waals surface area contributed by atoms with Gasteiger partial charge in [-0.1, -0.05) is 20.4 Å². The summed E-state index contributed by atoms with van der Waals surface area (Å²) < 4.78 is 0. The number of carboxylic acid groups (broad SMARTS) is 1. The second-order valence-electron chi connectivity index (χ2n) is 3.68. The lowest BCUT2D eigenvalue weighted by atomic mass is 9.85. The van der Waals surface area contributed by atoms with Crippen molar-refractivity contribution in [2.45, 2.75) is 26.3 Å². The summed E-state index contributed by atoms with van der Waals surface area (Å²) in [4.78, 5) is 10.7. The van der Waals surface area contributed by atoms with E-state index in [9.17, 15) is 4.79 Å². The molecular weight excluding hydrogens is 142 g/mol. The smallest absolute Gasteiger partial charge is 0.326 e. The molecule has 11 heavy (non-hydrogen) atoms. The Hall–Kier alpha value is -0.990. The van der Waals surface area contributed by atoms with Gasteiger partial charge in [0.1, 0.15) is 6.04 Å². The molecule has 0 spiro atoms. The summed E-state index contributed by atoms with van der Waals surface area (Å²) in [5.41, 5.74) is 0.616. The van der Waals surface area contributed by atoms with Gasteiger partial charge in [0.05, 0.1) is 0 Å². The number of carboxylic acids is 1. The van der Waals surface area contributed by atoms with Gasteiger partial charge >= 0.3 is 5.97 Å². The number of hydrogen-bond acceptors (Lipinski definition) is 2. The molecule has 0 aromatic rings. The summed E-state index contributed by atoms with van der Waals surface area (Å²) in [6.07, 6.45) is 0.740. The van der Waals surface area contributed by atoms with Crippen LogP contribution in [0.1, 0.15) is 20.3 Å². The molecule has 1 atom stereocenters. The lowest BCUT2D eigenvalue weighted by Gasteiger charge is -2.21. The van der Waals surface area contributed by atoms with Crippen LogP contribution < -0.4 is 5.32 Å². The van der Waals surface area contributed by atoms with Gasteiger partial charge in [0, 0.05) is 11.1 Å². The Morgan fingerprint density at radius 1 is 1.82 bits per heavy atom. The van der Waals surface area contributed by atoms with Crippen LogP contribution in [-0.2, 0) is 4.79 Å². The van der Waals surface area contributed by atoms with Gasteiger partial charge in [-0.25, -0.2) is 4.79 Å². The van der Waals surface area contributed by atoms with Gasteiger partial charge in [-0.3, -0.25) is 0 Å². The minimum atomic E-state index is -0.798. The van der Waals surface area contributed by atoms with Gasteiger partial charge in [0.25, 0.3) is 0 Å². The van der Waals surface area contributed by atoms with E-state index in [0.717, 1.165) is 12.1 Å². The predicted octanol–water partition coefficient (Wildman–Crippen LogP) is 0.973. The van der Waals surface area contributed by atoms with Crippen molar-refractivity contribution in [3.05, 3.63) is 12.3 Å². The zero-order valence-electron chi connectivity index (χ0n) is 6.85. The van der Waals surface area contributed by atoms with Crippen LogP contribution in [0.5, 0.6) is 0 Å². The molecule has 0 amide bonds. The molecule has 0 aromatic carbocycles. The van der Waals surface area contributed by atoms with Crippen molar-refractivity contribution in [2.24, 2.45) is 5.41 Å². The molecule has 0 radical (unpaired) electrons. The van der Waals surface area contributed by atoms with Crippen LogP contribution in [0.25, 0.3) is 0 Å². The number of carbonyl (C=O) groups is 1. The van der Waals surface area contributed by atoms with E-state index in [0.29, 0.717) is 0 Å². The van der Waals surface area contributed by atoms with E-state index in [2.05, 4.69) is 11.9 Å². The van der Waals surface area contributed by atoms with Gasteiger partial charge in [-0.2, -0.15) is 0 Å². The standard InChI is InChI=1S/C8H13NO2/c1-5-4-8(2,3)6(9-5)7(10)11/h6,9H,1,4H2,2-3H3,(H,10,11). The Balaban J connectivity index is 2.82. The molecule has 1 saturated heterocycles. The quantitative estimate of drug-likeness (QED) is 0.593. The first kappa shape index (κ1) is 8.11. The topological polar surface area (TPSA) is 49.3 Å². The van der Waals surface area contributed by atoms with Gasteiger partial charge in [0.2, 0.25) is 0 Å². The van der Waals surface area contributed by atoms with E-state index in [4.69, 9.17) is 5.11 Å². The SMILES string of the molecule is C=C1CC(C)(C)C(C(=O)O)N1. The molecule has 0 aromatic heterocycles. The van der Waals surface area contributed by atoms with Gasteiger partial charge in [-0.15, -0.1) is 0 Å². The van der Waals surface area contributed by atoms with Crippen LogP contribution in [0, 0.1) is 5.41 Å². The minimum Gasteiger partial charge on any atom is -0.480 e. The highest BCUT2D eigenvalue weighted by Gasteiger charge is 2.40. The van der Waals surface area contributed by atoms with Gasteiger partial charge < -0.3 is 10.4 Å². The average molecular weight is 155 g/mol. The van der Waals surface area contributed by atoms with E-state index in [1.165, 1.54) is 0 Å². The maximum Gasteiger partial charge on any atom is 0.326 e. The molecular formula is C8H13NO2. The molecule has 1 unspecified atom stereocenters. The Labute approximate surface area is 66.1 Å². The van der Waals surface area contributed by atoms with Crippen LogP contribution in [0.4, 0.5) is 0 Å². The van der Waals surface area contributed by atoms with Crippen molar-refractivity contribution >= 4 is 5.97 Å². The molecule has 2 N–H and O–H groups in total. The first-order valence-corrected chi connectivity index (χ1v) is 3.60. The van der Waals surface area contributed by atoms with Gasteiger partial charge in [-0.05, 0) is 6.42 Å². The maximum absolute atomic E-state index is 10.7. The molecule has 1 rings (SSSR count).